The monoisotopic (exact) mass is 331 g/mol. The Morgan fingerprint density at radius 2 is 1.78 bits per heavy atom. The van der Waals surface area contributed by atoms with Crippen molar-refractivity contribution in [3.05, 3.63) is 48.7 Å². The highest BCUT2D eigenvalue weighted by molar-refractivity contribution is 7.92. The highest BCUT2D eigenvalue weighted by atomic mass is 32.2. The highest BCUT2D eigenvalue weighted by Gasteiger charge is 2.17. The first-order valence-electron chi connectivity index (χ1n) is 7.83. The lowest BCUT2D eigenvalue weighted by Crippen LogP contribution is -2.32. The van der Waals surface area contributed by atoms with Gasteiger partial charge in [-0.2, -0.15) is 0 Å². The van der Waals surface area contributed by atoms with E-state index in [0.717, 1.165) is 24.7 Å². The number of sulfonamides is 1. The summed E-state index contributed by atoms with van der Waals surface area (Å²) in [5.74, 6) is 1.11. The molecule has 2 heterocycles. The van der Waals surface area contributed by atoms with Gasteiger partial charge in [0, 0.05) is 13.1 Å². The summed E-state index contributed by atoms with van der Waals surface area (Å²) in [6.45, 7) is 4.33. The Morgan fingerprint density at radius 1 is 1.09 bits per heavy atom. The summed E-state index contributed by atoms with van der Waals surface area (Å²) < 4.78 is 27.0. The predicted octanol–water partition coefficient (Wildman–Crippen LogP) is 3.12. The first kappa shape index (κ1) is 15.8. The van der Waals surface area contributed by atoms with Crippen molar-refractivity contribution in [1.29, 1.82) is 0 Å². The molecule has 1 saturated heterocycles. The fraction of sp³-hybridized carbons (Fsp3) is 0.353. The van der Waals surface area contributed by atoms with E-state index in [4.69, 9.17) is 0 Å². The van der Waals surface area contributed by atoms with E-state index < -0.39 is 10.0 Å². The number of hydrogen-bond acceptors (Lipinski definition) is 4. The van der Waals surface area contributed by atoms with Gasteiger partial charge in [-0.3, -0.25) is 4.72 Å². The average Bonchev–Trinajstić information content (AvgIpc) is 2.57. The van der Waals surface area contributed by atoms with Crippen LogP contribution in [-0.2, 0) is 10.0 Å². The Balaban J connectivity index is 1.70. The fourth-order valence-corrected chi connectivity index (χ4v) is 3.73. The van der Waals surface area contributed by atoms with Crippen molar-refractivity contribution in [1.82, 2.24) is 4.98 Å². The summed E-state index contributed by atoms with van der Waals surface area (Å²) in [5.41, 5.74) is 1.04. The minimum absolute atomic E-state index is 0.232. The third kappa shape index (κ3) is 3.82. The lowest BCUT2D eigenvalue weighted by atomic mass is 9.99. The highest BCUT2D eigenvalue weighted by Crippen LogP contribution is 2.23. The lowest BCUT2D eigenvalue weighted by molar-refractivity contribution is 0.438. The van der Waals surface area contributed by atoms with Crippen LogP contribution in [0, 0.1) is 5.92 Å². The third-order valence-corrected chi connectivity index (χ3v) is 5.56. The number of nitrogens with zero attached hydrogens (tertiary/aromatic N) is 2. The van der Waals surface area contributed by atoms with E-state index in [9.17, 15) is 8.42 Å². The smallest absolute Gasteiger partial charge is 0.263 e. The Labute approximate surface area is 137 Å². The Kier molecular flexibility index (Phi) is 4.52. The maximum atomic E-state index is 12.3. The molecule has 0 amide bonds. The van der Waals surface area contributed by atoms with Crippen LogP contribution < -0.4 is 9.62 Å². The van der Waals surface area contributed by atoms with Crippen LogP contribution in [0.4, 0.5) is 11.5 Å². The minimum atomic E-state index is -3.58. The molecule has 2 aromatic rings. The number of anilines is 2. The minimum Gasteiger partial charge on any atom is -0.370 e. The zero-order valence-electron chi connectivity index (χ0n) is 13.1. The SMILES string of the molecule is CC1CCN(c2ccc(NS(=O)(=O)c3ccccc3)nc2)CC1. The molecule has 1 N–H and O–H groups in total. The van der Waals surface area contributed by atoms with Crippen LogP contribution in [0.5, 0.6) is 0 Å². The van der Waals surface area contributed by atoms with Gasteiger partial charge in [0.2, 0.25) is 0 Å². The van der Waals surface area contributed by atoms with Gasteiger partial charge in [0.1, 0.15) is 5.82 Å². The van der Waals surface area contributed by atoms with Crippen molar-refractivity contribution in [3.8, 4) is 0 Å². The second-order valence-electron chi connectivity index (χ2n) is 5.99. The molecule has 6 heteroatoms. The van der Waals surface area contributed by atoms with Gasteiger partial charge in [0.15, 0.2) is 0 Å². The topological polar surface area (TPSA) is 62.3 Å². The number of aromatic nitrogens is 1. The van der Waals surface area contributed by atoms with Crippen LogP contribution in [0.3, 0.4) is 0 Å². The molecule has 0 radical (unpaired) electrons. The molecule has 1 aromatic heterocycles. The van der Waals surface area contributed by atoms with Gasteiger partial charge in [-0.1, -0.05) is 25.1 Å². The van der Waals surface area contributed by atoms with Gasteiger partial charge in [0.05, 0.1) is 16.8 Å². The van der Waals surface area contributed by atoms with Crippen LogP contribution in [0.1, 0.15) is 19.8 Å². The van der Waals surface area contributed by atoms with Crippen molar-refractivity contribution in [2.24, 2.45) is 5.92 Å². The second-order valence-corrected chi connectivity index (χ2v) is 7.67. The molecule has 0 aliphatic carbocycles. The van der Waals surface area contributed by atoms with Crippen LogP contribution >= 0.6 is 0 Å². The molecule has 1 aliphatic heterocycles. The quantitative estimate of drug-likeness (QED) is 0.935. The number of piperidine rings is 1. The van der Waals surface area contributed by atoms with Gasteiger partial charge in [0.25, 0.3) is 10.0 Å². The van der Waals surface area contributed by atoms with Crippen molar-refractivity contribution in [2.75, 3.05) is 22.7 Å². The fourth-order valence-electron chi connectivity index (χ4n) is 2.70. The third-order valence-electron chi connectivity index (χ3n) is 4.19. The maximum absolute atomic E-state index is 12.3. The summed E-state index contributed by atoms with van der Waals surface area (Å²) >= 11 is 0. The zero-order valence-corrected chi connectivity index (χ0v) is 14.0. The van der Waals surface area contributed by atoms with E-state index >= 15 is 0 Å². The average molecular weight is 331 g/mol. The van der Waals surface area contributed by atoms with Crippen molar-refractivity contribution >= 4 is 21.5 Å². The number of nitrogens with one attached hydrogen (secondary N) is 1. The van der Waals surface area contributed by atoms with E-state index in [1.54, 1.807) is 42.6 Å². The molecule has 0 bridgehead atoms. The van der Waals surface area contributed by atoms with Crippen LogP contribution in [0.25, 0.3) is 0 Å². The number of benzene rings is 1. The molecule has 5 nitrogen and oxygen atoms in total. The molecule has 0 saturated carbocycles. The van der Waals surface area contributed by atoms with Crippen LogP contribution in [-0.4, -0.2) is 26.5 Å². The van der Waals surface area contributed by atoms with Gasteiger partial charge in [-0.25, -0.2) is 13.4 Å². The summed E-state index contributed by atoms with van der Waals surface area (Å²) in [5, 5.41) is 0. The summed E-state index contributed by atoms with van der Waals surface area (Å²) in [6.07, 6.45) is 4.10. The molecule has 1 aliphatic rings. The molecular formula is C17H21N3O2S. The van der Waals surface area contributed by atoms with Crippen molar-refractivity contribution in [3.63, 3.8) is 0 Å². The molecule has 1 aromatic carbocycles. The first-order valence-corrected chi connectivity index (χ1v) is 9.32. The Morgan fingerprint density at radius 3 is 2.39 bits per heavy atom. The normalized spacial score (nSPS) is 16.3. The van der Waals surface area contributed by atoms with Gasteiger partial charge >= 0.3 is 0 Å². The summed E-state index contributed by atoms with van der Waals surface area (Å²) in [4.78, 5) is 6.78. The summed E-state index contributed by atoms with van der Waals surface area (Å²) in [7, 11) is -3.58. The van der Waals surface area contributed by atoms with E-state index in [1.165, 1.54) is 12.8 Å². The molecule has 23 heavy (non-hydrogen) atoms. The zero-order chi connectivity index (χ0) is 16.3. The number of pyridine rings is 1. The Bertz CT molecular complexity index is 737. The van der Waals surface area contributed by atoms with Crippen molar-refractivity contribution < 1.29 is 8.42 Å². The maximum Gasteiger partial charge on any atom is 0.263 e. The van der Waals surface area contributed by atoms with E-state index in [-0.39, 0.29) is 4.90 Å². The van der Waals surface area contributed by atoms with Crippen LogP contribution in [0.15, 0.2) is 53.6 Å². The van der Waals surface area contributed by atoms with Gasteiger partial charge in [-0.05, 0) is 43.0 Å². The second kappa shape index (κ2) is 6.58. The molecule has 0 spiro atoms. The van der Waals surface area contributed by atoms with Gasteiger partial charge in [-0.15, -0.1) is 0 Å². The standard InChI is InChI=1S/C17H21N3O2S/c1-14-9-11-20(12-10-14)15-7-8-17(18-13-15)19-23(21,22)16-5-3-2-4-6-16/h2-8,13-14H,9-12H2,1H3,(H,18,19). The van der Waals surface area contributed by atoms with E-state index in [0.29, 0.717) is 5.82 Å². The van der Waals surface area contributed by atoms with E-state index in [1.807, 2.05) is 6.07 Å². The molecule has 0 unspecified atom stereocenters. The molecule has 3 rings (SSSR count). The van der Waals surface area contributed by atoms with Crippen LogP contribution in [0.2, 0.25) is 0 Å². The number of rotatable bonds is 4. The molecule has 1 fully saturated rings. The van der Waals surface area contributed by atoms with Crippen molar-refractivity contribution in [2.45, 2.75) is 24.7 Å². The molecular weight excluding hydrogens is 310 g/mol. The van der Waals surface area contributed by atoms with Gasteiger partial charge < -0.3 is 4.90 Å². The van der Waals surface area contributed by atoms with E-state index in [2.05, 4.69) is 21.5 Å². The first-order chi connectivity index (χ1) is 11.0. The Hall–Kier alpha value is -2.08. The molecule has 122 valence electrons. The number of hydrogen-bond donors (Lipinski definition) is 1. The largest absolute Gasteiger partial charge is 0.370 e. The predicted molar refractivity (Wildman–Crippen MR) is 92.1 cm³/mol. The molecule has 0 atom stereocenters. The summed E-state index contributed by atoms with van der Waals surface area (Å²) in [6, 6.07) is 11.9. The lowest BCUT2D eigenvalue weighted by Gasteiger charge is -2.31.